The number of hydrogen-bond acceptors (Lipinski definition) is 4. The van der Waals surface area contributed by atoms with Crippen LogP contribution in [-0.4, -0.2) is 31.2 Å². The number of primary sulfonamides is 1. The molecule has 0 unspecified atom stereocenters. The van der Waals surface area contributed by atoms with Gasteiger partial charge in [0.2, 0.25) is 10.0 Å². The Morgan fingerprint density at radius 1 is 1.25 bits per heavy atom. The number of aryl methyl sites for hydroxylation is 1. The molecule has 1 aromatic carbocycles. The maximum atomic E-state index is 12.1. The van der Waals surface area contributed by atoms with Gasteiger partial charge < -0.3 is 4.90 Å². The van der Waals surface area contributed by atoms with E-state index in [1.807, 2.05) is 0 Å². The molecule has 0 spiro atoms. The van der Waals surface area contributed by atoms with Crippen molar-refractivity contribution in [2.24, 2.45) is 12.2 Å². The van der Waals surface area contributed by atoms with Crippen molar-refractivity contribution < 1.29 is 13.2 Å². The monoisotopic (exact) mass is 294 g/mol. The first-order valence-corrected chi connectivity index (χ1v) is 7.24. The van der Waals surface area contributed by atoms with Gasteiger partial charge in [0.05, 0.1) is 4.90 Å². The van der Waals surface area contributed by atoms with Gasteiger partial charge in [-0.15, -0.1) is 0 Å². The number of rotatable bonds is 3. The van der Waals surface area contributed by atoms with E-state index in [4.69, 9.17) is 5.14 Å². The van der Waals surface area contributed by atoms with Gasteiger partial charge in [-0.2, -0.15) is 5.10 Å². The van der Waals surface area contributed by atoms with Gasteiger partial charge in [0.15, 0.2) is 5.69 Å². The number of hydrogen-bond donors (Lipinski definition) is 1. The molecule has 0 atom stereocenters. The molecule has 0 aliphatic rings. The molecular formula is C12H14N4O3S. The summed E-state index contributed by atoms with van der Waals surface area (Å²) in [6, 6.07) is 7.35. The second kappa shape index (κ2) is 5.06. The Hall–Kier alpha value is -2.19. The van der Waals surface area contributed by atoms with Crippen LogP contribution in [0.5, 0.6) is 0 Å². The molecular weight excluding hydrogens is 280 g/mol. The third kappa shape index (κ3) is 2.86. The summed E-state index contributed by atoms with van der Waals surface area (Å²) in [4.78, 5) is 13.5. The number of sulfonamides is 1. The van der Waals surface area contributed by atoms with Gasteiger partial charge in [-0.1, -0.05) is 0 Å². The fraction of sp³-hybridized carbons (Fsp3) is 0.167. The minimum absolute atomic E-state index is 0.0000601. The van der Waals surface area contributed by atoms with Gasteiger partial charge in [0, 0.05) is 26.0 Å². The number of carbonyl (C=O) groups excluding carboxylic acids is 1. The lowest BCUT2D eigenvalue weighted by atomic mass is 10.3. The summed E-state index contributed by atoms with van der Waals surface area (Å²) in [6.45, 7) is 0. The second-order valence-corrected chi connectivity index (χ2v) is 5.84. The van der Waals surface area contributed by atoms with Crippen LogP contribution in [-0.2, 0) is 17.1 Å². The van der Waals surface area contributed by atoms with Gasteiger partial charge in [-0.25, -0.2) is 13.6 Å². The minimum Gasteiger partial charge on any atom is -0.310 e. The van der Waals surface area contributed by atoms with E-state index in [1.165, 1.54) is 33.8 Å². The quantitative estimate of drug-likeness (QED) is 0.882. The van der Waals surface area contributed by atoms with Crippen LogP contribution in [0.15, 0.2) is 41.4 Å². The third-order valence-electron chi connectivity index (χ3n) is 2.79. The van der Waals surface area contributed by atoms with Crippen molar-refractivity contribution in [1.29, 1.82) is 0 Å². The largest absolute Gasteiger partial charge is 0.310 e. The summed E-state index contributed by atoms with van der Waals surface area (Å²) >= 11 is 0. The van der Waals surface area contributed by atoms with Gasteiger partial charge in [0.25, 0.3) is 5.91 Å². The zero-order valence-electron chi connectivity index (χ0n) is 11.0. The molecule has 2 N–H and O–H groups in total. The molecule has 0 saturated heterocycles. The highest BCUT2D eigenvalue weighted by Gasteiger charge is 2.16. The van der Waals surface area contributed by atoms with E-state index < -0.39 is 10.0 Å². The lowest BCUT2D eigenvalue weighted by molar-refractivity contribution is 0.0987. The van der Waals surface area contributed by atoms with Gasteiger partial charge in [-0.05, 0) is 30.3 Å². The summed E-state index contributed by atoms with van der Waals surface area (Å²) in [5.41, 5.74) is 0.860. The second-order valence-electron chi connectivity index (χ2n) is 4.28. The summed E-state index contributed by atoms with van der Waals surface area (Å²) in [5.74, 6) is -0.283. The van der Waals surface area contributed by atoms with Crippen molar-refractivity contribution >= 4 is 21.6 Å². The number of anilines is 1. The van der Waals surface area contributed by atoms with Crippen LogP contribution in [0.25, 0.3) is 0 Å². The number of aromatic nitrogens is 2. The van der Waals surface area contributed by atoms with Crippen molar-refractivity contribution in [3.63, 3.8) is 0 Å². The van der Waals surface area contributed by atoms with Crippen LogP contribution in [0, 0.1) is 0 Å². The van der Waals surface area contributed by atoms with E-state index in [1.54, 1.807) is 26.4 Å². The molecule has 8 heteroatoms. The molecule has 2 rings (SSSR count). The summed E-state index contributed by atoms with van der Waals surface area (Å²) in [5, 5.41) is 9.04. The molecule has 20 heavy (non-hydrogen) atoms. The Kier molecular flexibility index (Phi) is 3.60. The summed E-state index contributed by atoms with van der Waals surface area (Å²) < 4.78 is 23.8. The number of carbonyl (C=O) groups is 1. The molecule has 1 heterocycles. The summed E-state index contributed by atoms with van der Waals surface area (Å²) in [7, 11) is -0.427. The third-order valence-corrected chi connectivity index (χ3v) is 3.72. The average Bonchev–Trinajstić information content (AvgIpc) is 2.83. The molecule has 0 aliphatic heterocycles. The lowest BCUT2D eigenvalue weighted by Gasteiger charge is -2.16. The van der Waals surface area contributed by atoms with Crippen LogP contribution >= 0.6 is 0 Å². The van der Waals surface area contributed by atoms with Crippen LogP contribution in [0.3, 0.4) is 0 Å². The van der Waals surface area contributed by atoms with E-state index in [0.29, 0.717) is 11.4 Å². The maximum Gasteiger partial charge on any atom is 0.278 e. The summed E-state index contributed by atoms with van der Waals surface area (Å²) in [6.07, 6.45) is 1.67. The number of nitrogens with zero attached hydrogens (tertiary/aromatic N) is 3. The average molecular weight is 294 g/mol. The number of nitrogens with two attached hydrogens (primary N) is 1. The van der Waals surface area contributed by atoms with Gasteiger partial charge in [0.1, 0.15) is 0 Å². The molecule has 0 radical (unpaired) electrons. The first-order chi connectivity index (χ1) is 9.29. The van der Waals surface area contributed by atoms with E-state index >= 15 is 0 Å². The molecule has 1 amide bonds. The van der Waals surface area contributed by atoms with Crippen LogP contribution in [0.4, 0.5) is 5.69 Å². The molecule has 0 saturated carbocycles. The minimum atomic E-state index is -3.73. The van der Waals surface area contributed by atoms with Crippen LogP contribution in [0.2, 0.25) is 0 Å². The van der Waals surface area contributed by atoms with Crippen LogP contribution < -0.4 is 10.0 Å². The van der Waals surface area contributed by atoms with E-state index in [9.17, 15) is 13.2 Å². The molecule has 1 aromatic heterocycles. The standard InChI is InChI=1S/C12H14N4O3S/c1-15-8-7-11(14-15)12(17)16(2)9-3-5-10(6-4-9)20(13,18)19/h3-8H,1-2H3,(H2,13,18,19). The normalized spacial score (nSPS) is 11.3. The Balaban J connectivity index is 2.25. The first-order valence-electron chi connectivity index (χ1n) is 5.69. The Morgan fingerprint density at radius 2 is 1.85 bits per heavy atom. The zero-order chi connectivity index (χ0) is 14.9. The number of benzene rings is 1. The van der Waals surface area contributed by atoms with E-state index in [-0.39, 0.29) is 10.8 Å². The number of amides is 1. The fourth-order valence-corrected chi connectivity index (χ4v) is 2.19. The lowest BCUT2D eigenvalue weighted by Crippen LogP contribution is -2.26. The highest BCUT2D eigenvalue weighted by atomic mass is 32.2. The van der Waals surface area contributed by atoms with Crippen molar-refractivity contribution in [3.8, 4) is 0 Å². The molecule has 0 aliphatic carbocycles. The van der Waals surface area contributed by atoms with Crippen LogP contribution in [0.1, 0.15) is 10.5 Å². The van der Waals surface area contributed by atoms with E-state index in [0.717, 1.165) is 0 Å². The van der Waals surface area contributed by atoms with Gasteiger partial charge in [-0.3, -0.25) is 9.48 Å². The SMILES string of the molecule is CN(C(=O)c1ccn(C)n1)c1ccc(S(N)(=O)=O)cc1. The molecule has 7 nitrogen and oxygen atoms in total. The molecule has 0 fully saturated rings. The Morgan fingerprint density at radius 3 is 2.30 bits per heavy atom. The van der Waals surface area contributed by atoms with Crippen molar-refractivity contribution in [1.82, 2.24) is 9.78 Å². The van der Waals surface area contributed by atoms with Crippen molar-refractivity contribution in [3.05, 3.63) is 42.2 Å². The van der Waals surface area contributed by atoms with Gasteiger partial charge >= 0.3 is 0 Å². The molecule has 106 valence electrons. The highest BCUT2D eigenvalue weighted by Crippen LogP contribution is 2.17. The Labute approximate surface area is 116 Å². The fourth-order valence-electron chi connectivity index (χ4n) is 1.68. The zero-order valence-corrected chi connectivity index (χ0v) is 11.8. The maximum absolute atomic E-state index is 12.1. The Bertz CT molecular complexity index is 734. The predicted molar refractivity (Wildman–Crippen MR) is 73.8 cm³/mol. The smallest absolute Gasteiger partial charge is 0.278 e. The predicted octanol–water partition coefficient (Wildman–Crippen LogP) is 0.344. The first kappa shape index (κ1) is 14.2. The van der Waals surface area contributed by atoms with Crippen molar-refractivity contribution in [2.75, 3.05) is 11.9 Å². The highest BCUT2D eigenvalue weighted by molar-refractivity contribution is 7.89. The molecule has 2 aromatic rings. The van der Waals surface area contributed by atoms with E-state index in [2.05, 4.69) is 5.10 Å². The van der Waals surface area contributed by atoms with Crippen molar-refractivity contribution in [2.45, 2.75) is 4.90 Å². The topological polar surface area (TPSA) is 98.3 Å². The molecule has 0 bridgehead atoms.